The van der Waals surface area contributed by atoms with Crippen LogP contribution in [0.4, 0.5) is 4.79 Å². The molecule has 188 valence electrons. The van der Waals surface area contributed by atoms with E-state index in [1.54, 1.807) is 20.8 Å². The van der Waals surface area contributed by atoms with Crippen molar-refractivity contribution in [3.8, 4) is 12.5 Å². The van der Waals surface area contributed by atoms with Crippen LogP contribution in [0.2, 0.25) is 0 Å². The summed E-state index contributed by atoms with van der Waals surface area (Å²) < 4.78 is 5.37. The summed E-state index contributed by atoms with van der Waals surface area (Å²) in [6.07, 6.45) is 5.72. The highest BCUT2D eigenvalue weighted by atomic mass is 16.6. The summed E-state index contributed by atoms with van der Waals surface area (Å²) in [7, 11) is 0. The van der Waals surface area contributed by atoms with Gasteiger partial charge in [-0.3, -0.25) is 14.5 Å². The lowest BCUT2D eigenvalue weighted by molar-refractivity contribution is -0.140. The first-order valence-electron chi connectivity index (χ1n) is 11.7. The molecule has 0 aromatic heterocycles. The first-order chi connectivity index (χ1) is 15.5. The number of nitrogens with zero attached hydrogens (tertiary/aromatic N) is 1. The van der Waals surface area contributed by atoms with Crippen LogP contribution in [-0.2, 0) is 14.3 Å². The van der Waals surface area contributed by atoms with Gasteiger partial charge in [0.2, 0.25) is 5.91 Å². The SMILES string of the molecule is C#CN(C(=O)C(NC(=O)OC(C)(C)C)C(C)CC)C(C(=O)NC(C)(C)C)c1ccc(C)cc1C. The Morgan fingerprint density at radius 3 is 2.15 bits per heavy atom. The van der Waals surface area contributed by atoms with Crippen molar-refractivity contribution in [2.24, 2.45) is 5.92 Å². The van der Waals surface area contributed by atoms with Gasteiger partial charge in [-0.25, -0.2) is 4.79 Å². The van der Waals surface area contributed by atoms with E-state index in [9.17, 15) is 14.4 Å². The fourth-order valence-corrected chi connectivity index (χ4v) is 3.50. The maximum atomic E-state index is 13.8. The normalized spacial score (nSPS) is 14.3. The minimum atomic E-state index is -1.07. The number of alkyl carbamates (subject to hydrolysis) is 1. The van der Waals surface area contributed by atoms with Crippen LogP contribution in [0.5, 0.6) is 0 Å². The van der Waals surface area contributed by atoms with Gasteiger partial charge in [0.25, 0.3) is 5.91 Å². The third-order valence-electron chi connectivity index (χ3n) is 5.25. The van der Waals surface area contributed by atoms with E-state index in [-0.39, 0.29) is 5.92 Å². The quantitative estimate of drug-likeness (QED) is 0.449. The van der Waals surface area contributed by atoms with Crippen LogP contribution >= 0.6 is 0 Å². The van der Waals surface area contributed by atoms with E-state index < -0.39 is 41.1 Å². The number of ether oxygens (including phenoxy) is 1. The summed E-state index contributed by atoms with van der Waals surface area (Å²) >= 11 is 0. The molecule has 0 aliphatic carbocycles. The number of benzene rings is 1. The molecule has 0 saturated heterocycles. The van der Waals surface area contributed by atoms with E-state index in [2.05, 4.69) is 16.7 Å². The lowest BCUT2D eigenvalue weighted by Gasteiger charge is -2.34. The zero-order chi connectivity index (χ0) is 26.4. The van der Waals surface area contributed by atoms with E-state index in [0.29, 0.717) is 12.0 Å². The second-order valence-corrected chi connectivity index (χ2v) is 10.8. The summed E-state index contributed by atoms with van der Waals surface area (Å²) in [6, 6.07) is 6.02. The minimum Gasteiger partial charge on any atom is -0.444 e. The van der Waals surface area contributed by atoms with Crippen molar-refractivity contribution in [3.63, 3.8) is 0 Å². The molecule has 0 radical (unpaired) electrons. The average molecular weight is 472 g/mol. The van der Waals surface area contributed by atoms with Gasteiger partial charge in [0.15, 0.2) is 0 Å². The summed E-state index contributed by atoms with van der Waals surface area (Å²) in [4.78, 5) is 40.8. The number of nitrogens with one attached hydrogen (secondary N) is 2. The highest BCUT2D eigenvalue weighted by molar-refractivity contribution is 5.93. The van der Waals surface area contributed by atoms with Gasteiger partial charge >= 0.3 is 6.09 Å². The monoisotopic (exact) mass is 471 g/mol. The molecule has 3 unspecified atom stereocenters. The van der Waals surface area contributed by atoms with Gasteiger partial charge in [0, 0.05) is 11.6 Å². The Morgan fingerprint density at radius 1 is 1.12 bits per heavy atom. The number of rotatable bonds is 7. The molecule has 0 bridgehead atoms. The predicted molar refractivity (Wildman–Crippen MR) is 135 cm³/mol. The van der Waals surface area contributed by atoms with Crippen molar-refractivity contribution in [1.82, 2.24) is 15.5 Å². The molecule has 34 heavy (non-hydrogen) atoms. The standard InChI is InChI=1S/C27H41N3O4/c1-12-18(4)21(28-25(33)34-27(9,10)11)24(32)30(13-2)22(23(31)29-26(6,7)8)20-15-14-17(3)16-19(20)5/h2,14-16,18,21-22H,12H2,1,3-11H3,(H,28,33)(H,29,31). The molecule has 0 aliphatic heterocycles. The van der Waals surface area contributed by atoms with Gasteiger partial charge in [-0.05, 0) is 72.4 Å². The third kappa shape index (κ3) is 8.40. The molecule has 0 fully saturated rings. The summed E-state index contributed by atoms with van der Waals surface area (Å²) in [5, 5.41) is 5.62. The minimum absolute atomic E-state index is 0.249. The van der Waals surface area contributed by atoms with E-state index in [0.717, 1.165) is 16.0 Å². The summed E-state index contributed by atoms with van der Waals surface area (Å²) in [5.74, 6) is -1.19. The van der Waals surface area contributed by atoms with E-state index >= 15 is 0 Å². The number of carbonyl (C=O) groups excluding carboxylic acids is 3. The van der Waals surface area contributed by atoms with Gasteiger partial charge in [-0.15, -0.1) is 0 Å². The molecule has 1 aromatic rings. The van der Waals surface area contributed by atoms with Crippen molar-refractivity contribution in [2.75, 3.05) is 0 Å². The fourth-order valence-electron chi connectivity index (χ4n) is 3.50. The molecular formula is C27H41N3O4. The van der Waals surface area contributed by atoms with Crippen molar-refractivity contribution < 1.29 is 19.1 Å². The first-order valence-corrected chi connectivity index (χ1v) is 11.7. The van der Waals surface area contributed by atoms with E-state index in [1.807, 2.05) is 66.7 Å². The second kappa shape index (κ2) is 11.4. The number of hydrogen-bond acceptors (Lipinski definition) is 4. The topological polar surface area (TPSA) is 87.7 Å². The van der Waals surface area contributed by atoms with Gasteiger partial charge in [0.1, 0.15) is 17.7 Å². The maximum Gasteiger partial charge on any atom is 0.408 e. The molecule has 0 saturated carbocycles. The molecule has 1 rings (SSSR count). The number of terminal acetylenes is 1. The largest absolute Gasteiger partial charge is 0.444 e. The third-order valence-corrected chi connectivity index (χ3v) is 5.25. The van der Waals surface area contributed by atoms with E-state index in [4.69, 9.17) is 11.2 Å². The highest BCUT2D eigenvalue weighted by Gasteiger charge is 2.39. The number of carbonyl (C=O) groups is 3. The van der Waals surface area contributed by atoms with Crippen molar-refractivity contribution >= 4 is 17.9 Å². The average Bonchev–Trinajstić information content (AvgIpc) is 2.67. The van der Waals surface area contributed by atoms with Crippen LogP contribution in [0.1, 0.15) is 84.5 Å². The Morgan fingerprint density at radius 2 is 1.71 bits per heavy atom. The molecule has 1 aromatic carbocycles. The van der Waals surface area contributed by atoms with Gasteiger partial charge in [-0.1, -0.05) is 50.5 Å². The Labute approximate surface area is 205 Å². The molecule has 0 aliphatic rings. The molecule has 7 nitrogen and oxygen atoms in total. The molecule has 7 heteroatoms. The number of aryl methyl sites for hydroxylation is 2. The van der Waals surface area contributed by atoms with Gasteiger partial charge in [0.05, 0.1) is 0 Å². The molecule has 2 N–H and O–H groups in total. The van der Waals surface area contributed by atoms with E-state index in [1.165, 1.54) is 0 Å². The van der Waals surface area contributed by atoms with Crippen LogP contribution in [0.15, 0.2) is 18.2 Å². The van der Waals surface area contributed by atoms with Gasteiger partial charge in [-0.2, -0.15) is 0 Å². The van der Waals surface area contributed by atoms with Gasteiger partial charge < -0.3 is 15.4 Å². The Bertz CT molecular complexity index is 935. The number of amides is 3. The van der Waals surface area contributed by atoms with Crippen LogP contribution in [0, 0.1) is 32.2 Å². The molecule has 3 amide bonds. The lowest BCUT2D eigenvalue weighted by Crippen LogP contribution is -2.55. The zero-order valence-electron chi connectivity index (χ0n) is 22.3. The van der Waals surface area contributed by atoms with Crippen molar-refractivity contribution in [3.05, 3.63) is 34.9 Å². The first kappa shape index (κ1) is 29.0. The zero-order valence-corrected chi connectivity index (χ0v) is 22.3. The van der Waals surface area contributed by atoms with Crippen LogP contribution in [-0.4, -0.2) is 40.0 Å². The van der Waals surface area contributed by atoms with Crippen molar-refractivity contribution in [2.45, 2.75) is 98.9 Å². The van der Waals surface area contributed by atoms with Crippen molar-refractivity contribution in [1.29, 1.82) is 0 Å². The highest BCUT2D eigenvalue weighted by Crippen LogP contribution is 2.27. The van der Waals surface area contributed by atoms with Crippen LogP contribution in [0.25, 0.3) is 0 Å². The number of hydrogen-bond donors (Lipinski definition) is 2. The Hall–Kier alpha value is -3.01. The maximum absolute atomic E-state index is 13.8. The molecule has 3 atom stereocenters. The molecular weight excluding hydrogens is 430 g/mol. The predicted octanol–water partition coefficient (Wildman–Crippen LogP) is 4.62. The second-order valence-electron chi connectivity index (χ2n) is 10.8. The Kier molecular flexibility index (Phi) is 9.74. The fraction of sp³-hybridized carbons (Fsp3) is 0.593. The lowest BCUT2D eigenvalue weighted by atomic mass is 9.93. The Balaban J connectivity index is 3.51. The molecule has 0 heterocycles. The summed E-state index contributed by atoms with van der Waals surface area (Å²) in [6.45, 7) is 18.4. The summed E-state index contributed by atoms with van der Waals surface area (Å²) in [5.41, 5.74) is 1.22. The van der Waals surface area contributed by atoms with Crippen LogP contribution in [0.3, 0.4) is 0 Å². The molecule has 0 spiro atoms. The smallest absolute Gasteiger partial charge is 0.408 e. The van der Waals surface area contributed by atoms with Crippen LogP contribution < -0.4 is 10.6 Å².